The lowest BCUT2D eigenvalue weighted by Crippen LogP contribution is -2.53. The highest BCUT2D eigenvalue weighted by Crippen LogP contribution is 2.52. The van der Waals surface area contributed by atoms with Crippen LogP contribution in [0.5, 0.6) is 0 Å². The Hall–Kier alpha value is -0.120. The Balaban J connectivity index is 1.89. The zero-order valence-electron chi connectivity index (χ0n) is 12.7. The zero-order chi connectivity index (χ0) is 13.6. The fraction of sp³-hybridized carbons (Fsp3) is 1.00. The molecule has 3 heteroatoms. The molecular weight excluding hydrogens is 240 g/mol. The third-order valence-electron chi connectivity index (χ3n) is 5.87. The highest BCUT2D eigenvalue weighted by molar-refractivity contribution is 4.95. The molecule has 1 aliphatic carbocycles. The van der Waals surface area contributed by atoms with Crippen molar-refractivity contribution in [1.29, 1.82) is 0 Å². The van der Waals surface area contributed by atoms with Crippen LogP contribution < -0.4 is 0 Å². The van der Waals surface area contributed by atoms with Crippen molar-refractivity contribution in [1.82, 2.24) is 0 Å². The van der Waals surface area contributed by atoms with E-state index in [1.807, 2.05) is 0 Å². The minimum Gasteiger partial charge on any atom is -0.355 e. The summed E-state index contributed by atoms with van der Waals surface area (Å²) in [5.74, 6) is 3.35. The summed E-state index contributed by atoms with van der Waals surface area (Å²) in [7, 11) is 1.75. The Morgan fingerprint density at radius 3 is 2.37 bits per heavy atom. The Bertz CT molecular complexity index is 319. The van der Waals surface area contributed by atoms with E-state index in [0.29, 0.717) is 23.9 Å². The molecule has 0 bridgehead atoms. The van der Waals surface area contributed by atoms with Crippen LogP contribution in [0.4, 0.5) is 0 Å². The van der Waals surface area contributed by atoms with E-state index in [4.69, 9.17) is 14.2 Å². The minimum atomic E-state index is -0.0920. The van der Waals surface area contributed by atoms with Gasteiger partial charge in [-0.1, -0.05) is 20.3 Å². The molecule has 3 aliphatic rings. The first-order chi connectivity index (χ1) is 9.11. The largest absolute Gasteiger partial charge is 0.355 e. The molecule has 1 saturated carbocycles. The van der Waals surface area contributed by atoms with Crippen LogP contribution in [0.2, 0.25) is 0 Å². The van der Waals surface area contributed by atoms with E-state index in [-0.39, 0.29) is 12.6 Å². The van der Waals surface area contributed by atoms with Crippen LogP contribution in [0.1, 0.15) is 46.5 Å². The summed E-state index contributed by atoms with van der Waals surface area (Å²) in [6.07, 6.45) is 5.31. The topological polar surface area (TPSA) is 27.7 Å². The van der Waals surface area contributed by atoms with E-state index >= 15 is 0 Å². The van der Waals surface area contributed by atoms with E-state index in [1.54, 1.807) is 7.11 Å². The standard InChI is InChI=1S/C16H28O3/c1-9-5-7-13-11(3)15(17-4)19-16-14(13)12(9)8-6-10(2)18-16/h9-16H,5-8H2,1-4H3/t9-,10+,11-,12?,13+,14?,15+,16+/m1/s1. The smallest absolute Gasteiger partial charge is 0.164 e. The SMILES string of the molecule is CO[C@H]1O[C@@H]2O[C@@H](C)CCC3C2[C@@H](CC[C@H]3C)[C@H]1C. The summed E-state index contributed by atoms with van der Waals surface area (Å²) in [5.41, 5.74) is 0. The lowest BCUT2D eigenvalue weighted by atomic mass is 9.61. The lowest BCUT2D eigenvalue weighted by molar-refractivity contribution is -0.328. The van der Waals surface area contributed by atoms with Gasteiger partial charge in [0.2, 0.25) is 0 Å². The minimum absolute atomic E-state index is 0.0450. The first-order valence-electron chi connectivity index (χ1n) is 7.95. The third-order valence-corrected chi connectivity index (χ3v) is 5.87. The molecule has 2 saturated heterocycles. The molecule has 0 amide bonds. The van der Waals surface area contributed by atoms with Gasteiger partial charge in [-0.2, -0.15) is 0 Å². The summed E-state index contributed by atoms with van der Waals surface area (Å²) in [5, 5.41) is 0. The molecule has 2 aliphatic heterocycles. The van der Waals surface area contributed by atoms with Crippen LogP contribution in [-0.4, -0.2) is 25.8 Å². The van der Waals surface area contributed by atoms with Gasteiger partial charge < -0.3 is 14.2 Å². The summed E-state index contributed by atoms with van der Waals surface area (Å²) >= 11 is 0. The molecule has 3 fully saturated rings. The van der Waals surface area contributed by atoms with Gasteiger partial charge in [-0.05, 0) is 43.9 Å². The van der Waals surface area contributed by atoms with Crippen molar-refractivity contribution in [2.24, 2.45) is 29.6 Å². The maximum Gasteiger partial charge on any atom is 0.164 e. The molecule has 3 rings (SSSR count). The maximum atomic E-state index is 6.18. The fourth-order valence-electron chi connectivity index (χ4n) is 4.72. The molecule has 0 N–H and O–H groups in total. The van der Waals surface area contributed by atoms with Crippen molar-refractivity contribution in [3.8, 4) is 0 Å². The normalized spacial score (nSPS) is 54.3. The Labute approximate surface area is 117 Å². The summed E-state index contributed by atoms with van der Waals surface area (Å²) < 4.78 is 17.9. The molecule has 19 heavy (non-hydrogen) atoms. The predicted molar refractivity (Wildman–Crippen MR) is 73.5 cm³/mol. The zero-order valence-corrected chi connectivity index (χ0v) is 12.7. The van der Waals surface area contributed by atoms with Gasteiger partial charge >= 0.3 is 0 Å². The van der Waals surface area contributed by atoms with Crippen molar-refractivity contribution in [2.45, 2.75) is 65.1 Å². The van der Waals surface area contributed by atoms with Crippen molar-refractivity contribution in [2.75, 3.05) is 7.11 Å². The van der Waals surface area contributed by atoms with Gasteiger partial charge in [0.25, 0.3) is 0 Å². The Kier molecular flexibility index (Phi) is 3.89. The third kappa shape index (κ3) is 2.34. The Morgan fingerprint density at radius 2 is 1.63 bits per heavy atom. The maximum absolute atomic E-state index is 6.18. The average molecular weight is 268 g/mol. The second-order valence-corrected chi connectivity index (χ2v) is 6.95. The molecular formula is C16H28O3. The second kappa shape index (κ2) is 5.34. The van der Waals surface area contributed by atoms with E-state index in [1.165, 1.54) is 25.7 Å². The number of ether oxygens (including phenoxy) is 3. The second-order valence-electron chi connectivity index (χ2n) is 6.95. The number of methoxy groups -OCH3 is 1. The van der Waals surface area contributed by atoms with E-state index in [9.17, 15) is 0 Å². The predicted octanol–water partition coefficient (Wildman–Crippen LogP) is 3.43. The number of rotatable bonds is 1. The fourth-order valence-corrected chi connectivity index (χ4v) is 4.72. The molecule has 0 aromatic carbocycles. The van der Waals surface area contributed by atoms with Gasteiger partial charge in [0, 0.05) is 18.9 Å². The van der Waals surface area contributed by atoms with Crippen molar-refractivity contribution in [3.05, 3.63) is 0 Å². The number of hydrogen-bond donors (Lipinski definition) is 0. The summed E-state index contributed by atoms with van der Waals surface area (Å²) in [6, 6.07) is 0. The van der Waals surface area contributed by atoms with Gasteiger partial charge in [-0.3, -0.25) is 0 Å². The van der Waals surface area contributed by atoms with Gasteiger partial charge in [0.1, 0.15) is 0 Å². The molecule has 3 nitrogen and oxygen atoms in total. The van der Waals surface area contributed by atoms with Gasteiger partial charge in [-0.25, -0.2) is 0 Å². The lowest BCUT2D eigenvalue weighted by Gasteiger charge is -2.51. The quantitative estimate of drug-likeness (QED) is 0.729. The van der Waals surface area contributed by atoms with Crippen LogP contribution >= 0.6 is 0 Å². The molecule has 0 spiro atoms. The summed E-state index contributed by atoms with van der Waals surface area (Å²) in [6.45, 7) is 6.89. The van der Waals surface area contributed by atoms with Crippen molar-refractivity contribution >= 4 is 0 Å². The first kappa shape index (κ1) is 13.8. The van der Waals surface area contributed by atoms with Gasteiger partial charge in [0.05, 0.1) is 6.10 Å². The van der Waals surface area contributed by atoms with E-state index in [0.717, 1.165) is 11.8 Å². The monoisotopic (exact) mass is 268 g/mol. The van der Waals surface area contributed by atoms with Crippen LogP contribution in [0, 0.1) is 29.6 Å². The van der Waals surface area contributed by atoms with Crippen molar-refractivity contribution in [3.63, 3.8) is 0 Å². The molecule has 110 valence electrons. The highest BCUT2D eigenvalue weighted by Gasteiger charge is 2.52. The first-order valence-corrected chi connectivity index (χ1v) is 7.95. The van der Waals surface area contributed by atoms with Crippen LogP contribution in [0.3, 0.4) is 0 Å². The van der Waals surface area contributed by atoms with E-state index < -0.39 is 0 Å². The Morgan fingerprint density at radius 1 is 0.895 bits per heavy atom. The van der Waals surface area contributed by atoms with Crippen LogP contribution in [0.25, 0.3) is 0 Å². The highest BCUT2D eigenvalue weighted by atomic mass is 16.8. The van der Waals surface area contributed by atoms with Gasteiger partial charge in [0.15, 0.2) is 12.6 Å². The molecule has 2 heterocycles. The molecule has 8 atom stereocenters. The van der Waals surface area contributed by atoms with Crippen LogP contribution in [0.15, 0.2) is 0 Å². The molecule has 0 aromatic heterocycles. The molecule has 0 aromatic rings. The summed E-state index contributed by atoms with van der Waals surface area (Å²) in [4.78, 5) is 0. The van der Waals surface area contributed by atoms with Crippen LogP contribution in [-0.2, 0) is 14.2 Å². The average Bonchev–Trinajstić information content (AvgIpc) is 2.56. The molecule has 0 radical (unpaired) electrons. The van der Waals surface area contributed by atoms with Gasteiger partial charge in [-0.15, -0.1) is 0 Å². The molecule has 2 unspecified atom stereocenters. The van der Waals surface area contributed by atoms with Crippen molar-refractivity contribution < 1.29 is 14.2 Å². The number of hydrogen-bond acceptors (Lipinski definition) is 3. The van der Waals surface area contributed by atoms with E-state index in [2.05, 4.69) is 20.8 Å².